The first-order valence-electron chi connectivity index (χ1n) is 6.27. The van der Waals surface area contributed by atoms with E-state index in [1.54, 1.807) is 6.26 Å². The highest BCUT2D eigenvalue weighted by molar-refractivity contribution is 7.99. The SMILES string of the molecule is CC(C)C(CNC(C)(C)C)SCc1ccco1. The Balaban J connectivity index is 2.38. The molecule has 0 spiro atoms. The highest BCUT2D eigenvalue weighted by Crippen LogP contribution is 2.24. The second-order valence-electron chi connectivity index (χ2n) is 5.80. The van der Waals surface area contributed by atoms with Crippen molar-refractivity contribution in [2.24, 2.45) is 5.92 Å². The van der Waals surface area contributed by atoms with Crippen LogP contribution in [0.15, 0.2) is 22.8 Å². The maximum absolute atomic E-state index is 5.37. The van der Waals surface area contributed by atoms with E-state index in [0.717, 1.165) is 18.1 Å². The standard InChI is InChI=1S/C14H25NOS/c1-11(2)13(9-15-14(3,4)5)17-10-12-7-6-8-16-12/h6-8,11,13,15H,9-10H2,1-5H3. The predicted molar refractivity (Wildman–Crippen MR) is 76.4 cm³/mol. The van der Waals surface area contributed by atoms with Crippen LogP contribution in [0.2, 0.25) is 0 Å². The Bertz CT molecular complexity index is 301. The number of thioether (sulfide) groups is 1. The average molecular weight is 255 g/mol. The normalized spacial score (nSPS) is 14.2. The Morgan fingerprint density at radius 2 is 2.06 bits per heavy atom. The minimum absolute atomic E-state index is 0.193. The number of hydrogen-bond acceptors (Lipinski definition) is 3. The van der Waals surface area contributed by atoms with Crippen molar-refractivity contribution in [2.45, 2.75) is 51.2 Å². The molecule has 1 aromatic rings. The predicted octanol–water partition coefficient (Wildman–Crippen LogP) is 3.93. The van der Waals surface area contributed by atoms with Crippen molar-refractivity contribution in [3.63, 3.8) is 0 Å². The van der Waals surface area contributed by atoms with Crippen molar-refractivity contribution < 1.29 is 4.42 Å². The molecule has 1 rings (SSSR count). The van der Waals surface area contributed by atoms with Gasteiger partial charge < -0.3 is 9.73 Å². The van der Waals surface area contributed by atoms with Gasteiger partial charge in [0.2, 0.25) is 0 Å². The summed E-state index contributed by atoms with van der Waals surface area (Å²) in [5.41, 5.74) is 0.193. The molecule has 0 bridgehead atoms. The van der Waals surface area contributed by atoms with E-state index in [4.69, 9.17) is 4.42 Å². The van der Waals surface area contributed by atoms with E-state index in [-0.39, 0.29) is 5.54 Å². The fourth-order valence-electron chi connectivity index (χ4n) is 1.48. The fraction of sp³-hybridized carbons (Fsp3) is 0.714. The van der Waals surface area contributed by atoms with Gasteiger partial charge in [-0.25, -0.2) is 0 Å². The Morgan fingerprint density at radius 1 is 1.35 bits per heavy atom. The quantitative estimate of drug-likeness (QED) is 0.834. The molecule has 0 amide bonds. The smallest absolute Gasteiger partial charge is 0.113 e. The third-order valence-electron chi connectivity index (χ3n) is 2.60. The monoisotopic (exact) mass is 255 g/mol. The molecule has 1 unspecified atom stereocenters. The lowest BCUT2D eigenvalue weighted by Crippen LogP contribution is -2.41. The molecule has 0 saturated heterocycles. The summed E-state index contributed by atoms with van der Waals surface area (Å²) in [5, 5.41) is 4.21. The summed E-state index contributed by atoms with van der Waals surface area (Å²) in [6.07, 6.45) is 1.74. The van der Waals surface area contributed by atoms with Crippen LogP contribution in [0.3, 0.4) is 0 Å². The van der Waals surface area contributed by atoms with E-state index in [2.05, 4.69) is 39.9 Å². The Labute approximate surface area is 110 Å². The summed E-state index contributed by atoms with van der Waals surface area (Å²) in [6, 6.07) is 4.00. The van der Waals surface area contributed by atoms with E-state index in [1.165, 1.54) is 0 Å². The molecule has 17 heavy (non-hydrogen) atoms. The van der Waals surface area contributed by atoms with Gasteiger partial charge in [0.15, 0.2) is 0 Å². The van der Waals surface area contributed by atoms with Gasteiger partial charge in [-0.05, 0) is 38.8 Å². The molecule has 1 N–H and O–H groups in total. The van der Waals surface area contributed by atoms with Crippen LogP contribution in [0.1, 0.15) is 40.4 Å². The van der Waals surface area contributed by atoms with E-state index >= 15 is 0 Å². The first-order valence-corrected chi connectivity index (χ1v) is 7.32. The van der Waals surface area contributed by atoms with Gasteiger partial charge in [-0.15, -0.1) is 11.8 Å². The zero-order valence-electron chi connectivity index (χ0n) is 11.6. The number of nitrogens with one attached hydrogen (secondary N) is 1. The van der Waals surface area contributed by atoms with Crippen molar-refractivity contribution in [2.75, 3.05) is 6.54 Å². The van der Waals surface area contributed by atoms with E-state index in [0.29, 0.717) is 11.2 Å². The van der Waals surface area contributed by atoms with Gasteiger partial charge in [0.1, 0.15) is 5.76 Å². The molecule has 0 aromatic carbocycles. The Morgan fingerprint density at radius 3 is 2.53 bits per heavy atom. The molecule has 0 aliphatic rings. The van der Waals surface area contributed by atoms with Crippen LogP contribution in [-0.2, 0) is 5.75 Å². The summed E-state index contributed by atoms with van der Waals surface area (Å²) in [6.45, 7) is 12.2. The van der Waals surface area contributed by atoms with Crippen LogP contribution in [-0.4, -0.2) is 17.3 Å². The summed E-state index contributed by atoms with van der Waals surface area (Å²) in [5.74, 6) is 2.70. The highest BCUT2D eigenvalue weighted by atomic mass is 32.2. The van der Waals surface area contributed by atoms with Gasteiger partial charge in [-0.1, -0.05) is 13.8 Å². The maximum atomic E-state index is 5.37. The summed E-state index contributed by atoms with van der Waals surface area (Å²) in [4.78, 5) is 0. The van der Waals surface area contributed by atoms with Gasteiger partial charge >= 0.3 is 0 Å². The molecule has 98 valence electrons. The molecular weight excluding hydrogens is 230 g/mol. The highest BCUT2D eigenvalue weighted by Gasteiger charge is 2.17. The first kappa shape index (κ1) is 14.7. The molecule has 1 aromatic heterocycles. The van der Waals surface area contributed by atoms with E-state index < -0.39 is 0 Å². The molecule has 2 nitrogen and oxygen atoms in total. The zero-order chi connectivity index (χ0) is 12.9. The van der Waals surface area contributed by atoms with Gasteiger partial charge in [-0.2, -0.15) is 0 Å². The van der Waals surface area contributed by atoms with Crippen LogP contribution < -0.4 is 5.32 Å². The summed E-state index contributed by atoms with van der Waals surface area (Å²) in [7, 11) is 0. The lowest BCUT2D eigenvalue weighted by Gasteiger charge is -2.27. The van der Waals surface area contributed by atoms with Crippen LogP contribution >= 0.6 is 11.8 Å². The minimum Gasteiger partial charge on any atom is -0.468 e. The first-order chi connectivity index (χ1) is 7.88. The number of furan rings is 1. The molecule has 0 saturated carbocycles. The number of rotatable bonds is 6. The van der Waals surface area contributed by atoms with Gasteiger partial charge in [0, 0.05) is 17.3 Å². The summed E-state index contributed by atoms with van der Waals surface area (Å²) >= 11 is 1.97. The zero-order valence-corrected chi connectivity index (χ0v) is 12.4. The largest absolute Gasteiger partial charge is 0.468 e. The van der Waals surface area contributed by atoms with Gasteiger partial charge in [0.25, 0.3) is 0 Å². The van der Waals surface area contributed by atoms with E-state index in [1.807, 2.05) is 23.9 Å². The molecule has 0 radical (unpaired) electrons. The maximum Gasteiger partial charge on any atom is 0.113 e. The van der Waals surface area contributed by atoms with Crippen LogP contribution in [0.25, 0.3) is 0 Å². The van der Waals surface area contributed by atoms with Crippen LogP contribution in [0, 0.1) is 5.92 Å². The van der Waals surface area contributed by atoms with Gasteiger partial charge in [0.05, 0.1) is 12.0 Å². The Kier molecular flexibility index (Phi) is 5.60. The number of hydrogen-bond donors (Lipinski definition) is 1. The van der Waals surface area contributed by atoms with Crippen molar-refractivity contribution in [3.05, 3.63) is 24.2 Å². The van der Waals surface area contributed by atoms with Crippen molar-refractivity contribution in [1.29, 1.82) is 0 Å². The van der Waals surface area contributed by atoms with Crippen LogP contribution in [0.5, 0.6) is 0 Å². The molecule has 0 aliphatic carbocycles. The molecular formula is C14H25NOS. The topological polar surface area (TPSA) is 25.2 Å². The fourth-order valence-corrected chi connectivity index (χ4v) is 2.61. The lowest BCUT2D eigenvalue weighted by atomic mass is 10.1. The second-order valence-corrected chi connectivity index (χ2v) is 7.03. The minimum atomic E-state index is 0.193. The molecule has 3 heteroatoms. The summed E-state index contributed by atoms with van der Waals surface area (Å²) < 4.78 is 5.37. The van der Waals surface area contributed by atoms with Crippen molar-refractivity contribution >= 4 is 11.8 Å². The molecule has 1 heterocycles. The van der Waals surface area contributed by atoms with Crippen LogP contribution in [0.4, 0.5) is 0 Å². The Hall–Kier alpha value is -0.410. The third-order valence-corrected chi connectivity index (χ3v) is 4.19. The van der Waals surface area contributed by atoms with Gasteiger partial charge in [-0.3, -0.25) is 0 Å². The van der Waals surface area contributed by atoms with E-state index in [9.17, 15) is 0 Å². The average Bonchev–Trinajstić information content (AvgIpc) is 2.68. The molecule has 1 atom stereocenters. The van der Waals surface area contributed by atoms with Crippen molar-refractivity contribution in [3.8, 4) is 0 Å². The molecule has 0 fully saturated rings. The third kappa shape index (κ3) is 6.18. The molecule has 0 aliphatic heterocycles. The second kappa shape index (κ2) is 6.50. The lowest BCUT2D eigenvalue weighted by molar-refractivity contribution is 0.407. The van der Waals surface area contributed by atoms with Crippen molar-refractivity contribution in [1.82, 2.24) is 5.32 Å².